The lowest BCUT2D eigenvalue weighted by Gasteiger charge is -2.20. The minimum absolute atomic E-state index is 0.203. The molecule has 0 aliphatic heterocycles. The molecule has 1 amide bonds. The number of nitrogens with zero attached hydrogens (tertiary/aromatic N) is 1. The van der Waals surface area contributed by atoms with Crippen LogP contribution in [0.4, 0.5) is 0 Å². The molecule has 5 nitrogen and oxygen atoms in total. The highest BCUT2D eigenvalue weighted by atomic mass is 16.5. The highest BCUT2D eigenvalue weighted by Gasteiger charge is 2.18. The standard InChI is InChI=1S/C23H28N2O3/c1-5-25(6-2)15-18-10-8-7-9-17(18)14-24-23(26)22-16(3)20-13-19(27-4)11-12-21(20)28-22/h7-13H,5-6,14-15H2,1-4H3,(H,24,26). The summed E-state index contributed by atoms with van der Waals surface area (Å²) in [6.45, 7) is 9.56. The molecule has 1 aromatic heterocycles. The van der Waals surface area contributed by atoms with E-state index in [2.05, 4.69) is 36.2 Å². The van der Waals surface area contributed by atoms with Gasteiger partial charge in [0.15, 0.2) is 5.76 Å². The third kappa shape index (κ3) is 4.20. The number of amides is 1. The van der Waals surface area contributed by atoms with Gasteiger partial charge in [0, 0.05) is 24.0 Å². The van der Waals surface area contributed by atoms with Gasteiger partial charge in [-0.05, 0) is 49.3 Å². The Bertz CT molecular complexity index is 958. The van der Waals surface area contributed by atoms with Crippen molar-refractivity contribution in [3.8, 4) is 5.75 Å². The molecule has 0 spiro atoms. The largest absolute Gasteiger partial charge is 0.497 e. The lowest BCUT2D eigenvalue weighted by atomic mass is 10.1. The molecule has 0 radical (unpaired) electrons. The number of fused-ring (bicyclic) bond motifs is 1. The zero-order valence-electron chi connectivity index (χ0n) is 17.0. The molecule has 0 aliphatic carbocycles. The molecule has 0 unspecified atom stereocenters. The first-order valence-electron chi connectivity index (χ1n) is 9.71. The van der Waals surface area contributed by atoms with E-state index in [4.69, 9.17) is 9.15 Å². The SMILES string of the molecule is CCN(CC)Cc1ccccc1CNC(=O)c1oc2ccc(OC)cc2c1C. The van der Waals surface area contributed by atoms with Crippen molar-refractivity contribution in [2.24, 2.45) is 0 Å². The minimum atomic E-state index is -0.203. The van der Waals surface area contributed by atoms with Gasteiger partial charge in [-0.1, -0.05) is 38.1 Å². The summed E-state index contributed by atoms with van der Waals surface area (Å²) >= 11 is 0. The predicted molar refractivity (Wildman–Crippen MR) is 112 cm³/mol. The van der Waals surface area contributed by atoms with Crippen LogP contribution in [0.2, 0.25) is 0 Å². The highest BCUT2D eigenvalue weighted by Crippen LogP contribution is 2.28. The molecular formula is C23H28N2O3. The Balaban J connectivity index is 1.76. The first-order chi connectivity index (χ1) is 13.6. The van der Waals surface area contributed by atoms with Crippen LogP contribution < -0.4 is 10.1 Å². The zero-order chi connectivity index (χ0) is 20.1. The van der Waals surface area contributed by atoms with E-state index >= 15 is 0 Å². The van der Waals surface area contributed by atoms with Crippen molar-refractivity contribution >= 4 is 16.9 Å². The van der Waals surface area contributed by atoms with Crippen molar-refractivity contribution in [3.63, 3.8) is 0 Å². The van der Waals surface area contributed by atoms with Crippen molar-refractivity contribution in [2.45, 2.75) is 33.9 Å². The molecule has 148 valence electrons. The lowest BCUT2D eigenvalue weighted by Crippen LogP contribution is -2.26. The number of benzene rings is 2. The quantitative estimate of drug-likeness (QED) is 0.624. The van der Waals surface area contributed by atoms with Crippen LogP contribution in [0.25, 0.3) is 11.0 Å². The van der Waals surface area contributed by atoms with Gasteiger partial charge in [0.05, 0.1) is 7.11 Å². The van der Waals surface area contributed by atoms with E-state index in [1.165, 1.54) is 5.56 Å². The molecular weight excluding hydrogens is 352 g/mol. The summed E-state index contributed by atoms with van der Waals surface area (Å²) in [4.78, 5) is 15.1. The minimum Gasteiger partial charge on any atom is -0.497 e. The van der Waals surface area contributed by atoms with E-state index in [-0.39, 0.29) is 5.91 Å². The third-order valence-corrected chi connectivity index (χ3v) is 5.20. The Hall–Kier alpha value is -2.79. The smallest absolute Gasteiger partial charge is 0.287 e. The normalized spacial score (nSPS) is 11.2. The second kappa shape index (κ2) is 8.93. The molecule has 3 rings (SSSR count). The van der Waals surface area contributed by atoms with Crippen molar-refractivity contribution in [2.75, 3.05) is 20.2 Å². The Morgan fingerprint density at radius 2 is 1.82 bits per heavy atom. The number of methoxy groups -OCH3 is 1. The number of nitrogens with one attached hydrogen (secondary N) is 1. The average molecular weight is 380 g/mol. The number of hydrogen-bond acceptors (Lipinski definition) is 4. The van der Waals surface area contributed by atoms with Gasteiger partial charge < -0.3 is 14.5 Å². The number of furan rings is 1. The van der Waals surface area contributed by atoms with Crippen LogP contribution in [0.5, 0.6) is 5.75 Å². The van der Waals surface area contributed by atoms with E-state index in [0.29, 0.717) is 17.9 Å². The van der Waals surface area contributed by atoms with E-state index in [1.807, 2.05) is 37.3 Å². The molecule has 28 heavy (non-hydrogen) atoms. The fourth-order valence-electron chi connectivity index (χ4n) is 3.37. The van der Waals surface area contributed by atoms with Gasteiger partial charge >= 0.3 is 0 Å². The lowest BCUT2D eigenvalue weighted by molar-refractivity contribution is 0.0924. The number of rotatable bonds is 8. The molecule has 0 saturated heterocycles. The fourth-order valence-corrected chi connectivity index (χ4v) is 3.37. The van der Waals surface area contributed by atoms with Crippen LogP contribution in [0.15, 0.2) is 46.9 Å². The topological polar surface area (TPSA) is 54.7 Å². The monoisotopic (exact) mass is 380 g/mol. The Labute approximate surface area is 166 Å². The molecule has 3 aromatic rings. The summed E-state index contributed by atoms with van der Waals surface area (Å²) in [6, 6.07) is 13.8. The van der Waals surface area contributed by atoms with Crippen LogP contribution in [-0.2, 0) is 13.1 Å². The van der Waals surface area contributed by atoms with Crippen LogP contribution in [0.3, 0.4) is 0 Å². The third-order valence-electron chi connectivity index (χ3n) is 5.20. The Kier molecular flexibility index (Phi) is 6.37. The van der Waals surface area contributed by atoms with Gasteiger partial charge in [-0.25, -0.2) is 0 Å². The van der Waals surface area contributed by atoms with Crippen molar-refractivity contribution < 1.29 is 13.9 Å². The van der Waals surface area contributed by atoms with Gasteiger partial charge in [0.2, 0.25) is 0 Å². The number of hydrogen-bond donors (Lipinski definition) is 1. The van der Waals surface area contributed by atoms with Gasteiger partial charge in [-0.2, -0.15) is 0 Å². The maximum atomic E-state index is 12.8. The van der Waals surface area contributed by atoms with Crippen LogP contribution >= 0.6 is 0 Å². The van der Waals surface area contributed by atoms with E-state index in [0.717, 1.165) is 41.9 Å². The van der Waals surface area contributed by atoms with Gasteiger partial charge in [0.25, 0.3) is 5.91 Å². The second-order valence-corrected chi connectivity index (χ2v) is 6.83. The van der Waals surface area contributed by atoms with Gasteiger partial charge in [-0.15, -0.1) is 0 Å². The van der Waals surface area contributed by atoms with E-state index in [1.54, 1.807) is 7.11 Å². The zero-order valence-corrected chi connectivity index (χ0v) is 17.0. The molecule has 1 N–H and O–H groups in total. The maximum absolute atomic E-state index is 12.8. The fraction of sp³-hybridized carbons (Fsp3) is 0.348. The Morgan fingerprint density at radius 3 is 2.50 bits per heavy atom. The molecule has 5 heteroatoms. The van der Waals surface area contributed by atoms with Gasteiger partial charge in [-0.3, -0.25) is 9.69 Å². The first-order valence-corrected chi connectivity index (χ1v) is 9.71. The van der Waals surface area contributed by atoms with Crippen molar-refractivity contribution in [1.29, 1.82) is 0 Å². The summed E-state index contributed by atoms with van der Waals surface area (Å²) in [5.41, 5.74) is 3.86. The predicted octanol–water partition coefficient (Wildman–Crippen LogP) is 4.52. The summed E-state index contributed by atoms with van der Waals surface area (Å²) in [5.74, 6) is 0.892. The Morgan fingerprint density at radius 1 is 1.11 bits per heavy atom. The van der Waals surface area contributed by atoms with E-state index in [9.17, 15) is 4.79 Å². The van der Waals surface area contributed by atoms with E-state index < -0.39 is 0 Å². The molecule has 2 aromatic carbocycles. The molecule has 0 aliphatic rings. The number of ether oxygens (including phenoxy) is 1. The molecule has 0 bridgehead atoms. The van der Waals surface area contributed by atoms with Crippen LogP contribution in [0.1, 0.15) is 41.1 Å². The average Bonchev–Trinajstić information content (AvgIpc) is 3.06. The molecule has 0 saturated carbocycles. The van der Waals surface area contributed by atoms with Crippen LogP contribution in [-0.4, -0.2) is 31.0 Å². The van der Waals surface area contributed by atoms with Crippen molar-refractivity contribution in [3.05, 3.63) is 64.9 Å². The number of carbonyl (C=O) groups excluding carboxylic acids is 1. The second-order valence-electron chi connectivity index (χ2n) is 6.83. The first kappa shape index (κ1) is 20.0. The highest BCUT2D eigenvalue weighted by molar-refractivity contribution is 5.99. The van der Waals surface area contributed by atoms with Crippen molar-refractivity contribution in [1.82, 2.24) is 10.2 Å². The van der Waals surface area contributed by atoms with Gasteiger partial charge in [0.1, 0.15) is 11.3 Å². The number of carbonyl (C=O) groups is 1. The van der Waals surface area contributed by atoms with Crippen LogP contribution in [0, 0.1) is 6.92 Å². The molecule has 0 atom stereocenters. The number of aryl methyl sites for hydroxylation is 1. The molecule has 0 fully saturated rings. The summed E-state index contributed by atoms with van der Waals surface area (Å²) in [6.07, 6.45) is 0. The summed E-state index contributed by atoms with van der Waals surface area (Å²) in [5, 5.41) is 3.91. The summed E-state index contributed by atoms with van der Waals surface area (Å²) < 4.78 is 11.1. The summed E-state index contributed by atoms with van der Waals surface area (Å²) in [7, 11) is 1.62. The maximum Gasteiger partial charge on any atom is 0.287 e. The molecule has 1 heterocycles.